The molecule has 1 aliphatic rings. The lowest BCUT2D eigenvalue weighted by Crippen LogP contribution is -2.47. The molecule has 0 saturated carbocycles. The first kappa shape index (κ1) is 17.9. The second kappa shape index (κ2) is 9.01. The molecule has 0 bridgehead atoms. The van der Waals surface area contributed by atoms with Crippen LogP contribution >= 0.6 is 0 Å². The Morgan fingerprint density at radius 1 is 1.04 bits per heavy atom. The van der Waals surface area contributed by atoms with Crippen molar-refractivity contribution in [3.8, 4) is 5.75 Å². The number of hydrogen-bond acceptors (Lipinski definition) is 4. The lowest BCUT2D eigenvalue weighted by molar-refractivity contribution is -0.135. The van der Waals surface area contributed by atoms with Crippen molar-refractivity contribution in [2.24, 2.45) is 0 Å². The largest absolute Gasteiger partial charge is 0.483 e. The molecule has 6 nitrogen and oxygen atoms in total. The van der Waals surface area contributed by atoms with Gasteiger partial charge in [-0.3, -0.25) is 20.4 Å². The minimum atomic E-state index is -0.484. The number of carbonyl (C=O) groups excluding carboxylic acids is 2. The molecule has 2 N–H and O–H groups in total. The predicted octanol–water partition coefficient (Wildman–Crippen LogP) is 1.98. The highest BCUT2D eigenvalue weighted by Gasteiger charge is 2.23. The number of benzene rings is 2. The third-order valence-electron chi connectivity index (χ3n) is 4.12. The fraction of sp³-hybridized carbons (Fsp3) is 0.300. The molecule has 0 aromatic heterocycles. The van der Waals surface area contributed by atoms with Gasteiger partial charge in [0.15, 0.2) is 6.61 Å². The molecule has 3 rings (SSSR count). The van der Waals surface area contributed by atoms with Gasteiger partial charge in [-0.05, 0) is 30.0 Å². The maximum absolute atomic E-state index is 11.9. The van der Waals surface area contributed by atoms with Gasteiger partial charge in [0.1, 0.15) is 11.9 Å². The molecule has 0 spiro atoms. The predicted molar refractivity (Wildman–Crippen MR) is 96.4 cm³/mol. The van der Waals surface area contributed by atoms with Crippen LogP contribution in [0.5, 0.6) is 5.75 Å². The second-order valence-electron chi connectivity index (χ2n) is 6.10. The molecule has 1 fully saturated rings. The van der Waals surface area contributed by atoms with Crippen LogP contribution in [-0.2, 0) is 20.7 Å². The van der Waals surface area contributed by atoms with E-state index in [9.17, 15) is 9.59 Å². The van der Waals surface area contributed by atoms with Crippen LogP contribution in [0, 0.1) is 0 Å². The van der Waals surface area contributed by atoms with E-state index in [1.807, 2.05) is 54.6 Å². The Bertz CT molecular complexity index is 742. The van der Waals surface area contributed by atoms with E-state index in [0.29, 0.717) is 25.2 Å². The van der Waals surface area contributed by atoms with Crippen molar-refractivity contribution < 1.29 is 19.1 Å². The minimum Gasteiger partial charge on any atom is -0.483 e. The first-order chi connectivity index (χ1) is 12.7. The molecule has 26 heavy (non-hydrogen) atoms. The van der Waals surface area contributed by atoms with Crippen LogP contribution in [0.4, 0.5) is 0 Å². The Morgan fingerprint density at radius 2 is 1.81 bits per heavy atom. The first-order valence-corrected chi connectivity index (χ1v) is 8.67. The Balaban J connectivity index is 1.49. The topological polar surface area (TPSA) is 76.7 Å². The van der Waals surface area contributed by atoms with E-state index >= 15 is 0 Å². The Labute approximate surface area is 152 Å². The Morgan fingerprint density at radius 3 is 2.58 bits per heavy atom. The van der Waals surface area contributed by atoms with Crippen molar-refractivity contribution in [1.29, 1.82) is 0 Å². The van der Waals surface area contributed by atoms with E-state index in [2.05, 4.69) is 10.9 Å². The Kier molecular flexibility index (Phi) is 6.22. The average molecular weight is 354 g/mol. The number of nitrogens with one attached hydrogen (secondary N) is 2. The van der Waals surface area contributed by atoms with Crippen molar-refractivity contribution in [2.75, 3.05) is 13.2 Å². The molecule has 2 amide bonds. The van der Waals surface area contributed by atoms with Crippen LogP contribution in [0.25, 0.3) is 0 Å². The summed E-state index contributed by atoms with van der Waals surface area (Å²) in [5.74, 6) is -0.108. The molecule has 1 heterocycles. The molecule has 136 valence electrons. The highest BCUT2D eigenvalue weighted by atomic mass is 16.5. The maximum Gasteiger partial charge on any atom is 0.276 e. The number of rotatable bonds is 6. The molecule has 0 aliphatic carbocycles. The summed E-state index contributed by atoms with van der Waals surface area (Å²) < 4.78 is 10.9. The van der Waals surface area contributed by atoms with Gasteiger partial charge < -0.3 is 9.47 Å². The smallest absolute Gasteiger partial charge is 0.276 e. The van der Waals surface area contributed by atoms with Crippen molar-refractivity contribution in [2.45, 2.75) is 25.4 Å². The lowest BCUT2D eigenvalue weighted by atomic mass is 10.0. The minimum absolute atomic E-state index is 0.183. The van der Waals surface area contributed by atoms with Crippen molar-refractivity contribution in [3.05, 3.63) is 65.7 Å². The monoisotopic (exact) mass is 354 g/mol. The normalized spacial score (nSPS) is 16.1. The van der Waals surface area contributed by atoms with Gasteiger partial charge in [-0.2, -0.15) is 0 Å². The lowest BCUT2D eigenvalue weighted by Gasteiger charge is -2.13. The number of hydrazine groups is 1. The van der Waals surface area contributed by atoms with Gasteiger partial charge in [0.05, 0.1) is 0 Å². The third kappa shape index (κ3) is 5.07. The van der Waals surface area contributed by atoms with Crippen LogP contribution in [0.2, 0.25) is 0 Å². The molecular formula is C20H22N2O4. The summed E-state index contributed by atoms with van der Waals surface area (Å²) in [7, 11) is 0. The van der Waals surface area contributed by atoms with E-state index in [1.165, 1.54) is 0 Å². The number of hydrogen-bond donors (Lipinski definition) is 2. The molecule has 0 radical (unpaired) electrons. The molecule has 1 atom stereocenters. The number of para-hydroxylation sites is 1. The summed E-state index contributed by atoms with van der Waals surface area (Å²) in [6.07, 6.45) is 1.76. The molecule has 1 unspecified atom stereocenters. The number of ether oxygens (including phenoxy) is 2. The molecule has 1 aliphatic heterocycles. The van der Waals surface area contributed by atoms with Gasteiger partial charge in [-0.15, -0.1) is 0 Å². The van der Waals surface area contributed by atoms with Crippen LogP contribution in [-0.4, -0.2) is 31.1 Å². The molecule has 2 aromatic carbocycles. The number of carbonyl (C=O) groups is 2. The maximum atomic E-state index is 11.9. The number of amides is 2. The van der Waals surface area contributed by atoms with Gasteiger partial charge in [0.25, 0.3) is 11.8 Å². The third-order valence-corrected chi connectivity index (χ3v) is 4.12. The van der Waals surface area contributed by atoms with Crippen molar-refractivity contribution >= 4 is 11.8 Å². The molecule has 6 heteroatoms. The molecule has 2 aromatic rings. The van der Waals surface area contributed by atoms with Crippen LogP contribution in [0.3, 0.4) is 0 Å². The SMILES string of the molecule is O=C(COc1ccccc1Cc1ccccc1)NNC(=O)C1CCCO1. The zero-order valence-electron chi connectivity index (χ0n) is 14.4. The van der Waals surface area contributed by atoms with Crippen LogP contribution in [0.1, 0.15) is 24.0 Å². The highest BCUT2D eigenvalue weighted by molar-refractivity contribution is 5.85. The Hall–Kier alpha value is -2.86. The van der Waals surface area contributed by atoms with E-state index in [0.717, 1.165) is 17.5 Å². The quantitative estimate of drug-likeness (QED) is 0.778. The summed E-state index contributed by atoms with van der Waals surface area (Å²) in [6, 6.07) is 17.6. The average Bonchev–Trinajstić information content (AvgIpc) is 3.21. The molecular weight excluding hydrogens is 332 g/mol. The van der Waals surface area contributed by atoms with Gasteiger partial charge >= 0.3 is 0 Å². The van der Waals surface area contributed by atoms with E-state index in [4.69, 9.17) is 9.47 Å². The summed E-state index contributed by atoms with van der Waals surface area (Å²) in [4.78, 5) is 23.7. The highest BCUT2D eigenvalue weighted by Crippen LogP contribution is 2.21. The molecule has 1 saturated heterocycles. The van der Waals surface area contributed by atoms with E-state index in [1.54, 1.807) is 0 Å². The van der Waals surface area contributed by atoms with Gasteiger partial charge in [-0.1, -0.05) is 48.5 Å². The van der Waals surface area contributed by atoms with Gasteiger partial charge in [-0.25, -0.2) is 0 Å². The van der Waals surface area contributed by atoms with Crippen molar-refractivity contribution in [1.82, 2.24) is 10.9 Å². The van der Waals surface area contributed by atoms with E-state index < -0.39 is 12.0 Å². The van der Waals surface area contributed by atoms with Gasteiger partial charge in [0.2, 0.25) is 0 Å². The zero-order valence-corrected chi connectivity index (χ0v) is 14.4. The summed E-state index contributed by atoms with van der Waals surface area (Å²) in [6.45, 7) is 0.394. The summed E-state index contributed by atoms with van der Waals surface area (Å²) in [5, 5.41) is 0. The standard InChI is InChI=1S/C20H22N2O4/c23-19(21-22-20(24)18-11-6-12-25-18)14-26-17-10-5-4-9-16(17)13-15-7-2-1-3-8-15/h1-5,7-10,18H,6,11-14H2,(H,21,23)(H,22,24). The first-order valence-electron chi connectivity index (χ1n) is 8.67. The van der Waals surface area contributed by atoms with Crippen LogP contribution < -0.4 is 15.6 Å². The fourth-order valence-corrected chi connectivity index (χ4v) is 2.78. The zero-order chi connectivity index (χ0) is 18.2. The summed E-state index contributed by atoms with van der Waals surface area (Å²) in [5.41, 5.74) is 6.89. The van der Waals surface area contributed by atoms with E-state index in [-0.39, 0.29) is 12.5 Å². The van der Waals surface area contributed by atoms with Gasteiger partial charge in [0, 0.05) is 13.0 Å². The fourth-order valence-electron chi connectivity index (χ4n) is 2.78. The second-order valence-corrected chi connectivity index (χ2v) is 6.10. The summed E-state index contributed by atoms with van der Waals surface area (Å²) >= 11 is 0. The van der Waals surface area contributed by atoms with Crippen molar-refractivity contribution in [3.63, 3.8) is 0 Å². The van der Waals surface area contributed by atoms with Crippen LogP contribution in [0.15, 0.2) is 54.6 Å².